The molecule has 140 valence electrons. The highest BCUT2D eigenvalue weighted by molar-refractivity contribution is 5.74. The van der Waals surface area contributed by atoms with Crippen molar-refractivity contribution in [2.24, 2.45) is 5.92 Å². The molecule has 0 aliphatic heterocycles. The van der Waals surface area contributed by atoms with Crippen LogP contribution in [0.4, 0.5) is 0 Å². The third kappa shape index (κ3) is 4.13. The van der Waals surface area contributed by atoms with Gasteiger partial charge in [0, 0.05) is 12.5 Å². The van der Waals surface area contributed by atoms with Gasteiger partial charge in [0.05, 0.1) is 12.0 Å². The van der Waals surface area contributed by atoms with Crippen molar-refractivity contribution >= 4 is 17.1 Å². The number of aryl methyl sites for hydroxylation is 1. The first kappa shape index (κ1) is 17.6. The average Bonchev–Trinajstić information content (AvgIpc) is 3.03. The van der Waals surface area contributed by atoms with Crippen LogP contribution in [0, 0.1) is 12.8 Å². The fraction of sp³-hybridized carbons (Fsp3) is 0.364. The SMILES string of the molecule is Cc1cccc(Cc2nc3cc(O[C@H]4CC[C@@H](C(=O)O)CC4)ccc3o2)c1. The Labute approximate surface area is 158 Å². The Morgan fingerprint density at radius 2 is 2.00 bits per heavy atom. The van der Waals surface area contributed by atoms with Crippen LogP contribution in [0.5, 0.6) is 5.75 Å². The van der Waals surface area contributed by atoms with Crippen molar-refractivity contribution in [3.8, 4) is 5.75 Å². The van der Waals surface area contributed by atoms with Crippen LogP contribution in [0.1, 0.15) is 42.7 Å². The van der Waals surface area contributed by atoms with Crippen molar-refractivity contribution in [2.75, 3.05) is 0 Å². The molecule has 5 heteroatoms. The topological polar surface area (TPSA) is 72.6 Å². The molecule has 0 unspecified atom stereocenters. The molecule has 0 atom stereocenters. The first-order chi connectivity index (χ1) is 13.1. The van der Waals surface area contributed by atoms with E-state index in [1.165, 1.54) is 11.1 Å². The van der Waals surface area contributed by atoms with Crippen LogP contribution in [0.15, 0.2) is 46.9 Å². The number of hydrogen-bond acceptors (Lipinski definition) is 4. The minimum Gasteiger partial charge on any atom is -0.490 e. The van der Waals surface area contributed by atoms with Gasteiger partial charge in [0.1, 0.15) is 11.3 Å². The second kappa shape index (κ2) is 7.43. The van der Waals surface area contributed by atoms with E-state index in [2.05, 4.69) is 30.1 Å². The van der Waals surface area contributed by atoms with Crippen LogP contribution < -0.4 is 4.74 Å². The monoisotopic (exact) mass is 365 g/mol. The number of ether oxygens (including phenoxy) is 1. The maximum Gasteiger partial charge on any atom is 0.306 e. The molecule has 27 heavy (non-hydrogen) atoms. The van der Waals surface area contributed by atoms with Crippen molar-refractivity contribution in [3.63, 3.8) is 0 Å². The largest absolute Gasteiger partial charge is 0.490 e. The number of hydrogen-bond donors (Lipinski definition) is 1. The van der Waals surface area contributed by atoms with Gasteiger partial charge in [0.15, 0.2) is 11.5 Å². The number of fused-ring (bicyclic) bond motifs is 1. The molecule has 1 saturated carbocycles. The minimum atomic E-state index is -0.696. The molecule has 1 heterocycles. The summed E-state index contributed by atoms with van der Waals surface area (Å²) in [5.74, 6) is 0.525. The summed E-state index contributed by atoms with van der Waals surface area (Å²) in [7, 11) is 0. The van der Waals surface area contributed by atoms with E-state index in [1.54, 1.807) is 0 Å². The van der Waals surface area contributed by atoms with E-state index >= 15 is 0 Å². The van der Waals surface area contributed by atoms with E-state index in [0.29, 0.717) is 25.2 Å². The molecule has 0 radical (unpaired) electrons. The Morgan fingerprint density at radius 1 is 1.19 bits per heavy atom. The number of rotatable bonds is 5. The maximum atomic E-state index is 11.1. The van der Waals surface area contributed by atoms with Gasteiger partial charge < -0.3 is 14.3 Å². The van der Waals surface area contributed by atoms with Gasteiger partial charge >= 0.3 is 5.97 Å². The smallest absolute Gasteiger partial charge is 0.306 e. The van der Waals surface area contributed by atoms with E-state index in [9.17, 15) is 4.79 Å². The predicted molar refractivity (Wildman–Crippen MR) is 102 cm³/mol. The molecule has 1 aliphatic rings. The summed E-state index contributed by atoms with van der Waals surface area (Å²) >= 11 is 0. The highest BCUT2D eigenvalue weighted by Gasteiger charge is 2.27. The molecule has 0 saturated heterocycles. The Balaban J connectivity index is 1.44. The highest BCUT2D eigenvalue weighted by atomic mass is 16.5. The van der Waals surface area contributed by atoms with Crippen LogP contribution in [0.25, 0.3) is 11.1 Å². The maximum absolute atomic E-state index is 11.1. The molecule has 5 nitrogen and oxygen atoms in total. The first-order valence-electron chi connectivity index (χ1n) is 9.41. The molecule has 1 fully saturated rings. The third-order valence-electron chi connectivity index (χ3n) is 5.17. The molecule has 0 bridgehead atoms. The predicted octanol–water partition coefficient (Wildman–Crippen LogP) is 4.75. The summed E-state index contributed by atoms with van der Waals surface area (Å²) < 4.78 is 11.9. The van der Waals surface area contributed by atoms with Crippen LogP contribution in [0.3, 0.4) is 0 Å². The Bertz CT molecular complexity index is 954. The quantitative estimate of drug-likeness (QED) is 0.706. The van der Waals surface area contributed by atoms with Gasteiger partial charge in [-0.2, -0.15) is 0 Å². The fourth-order valence-electron chi connectivity index (χ4n) is 3.72. The van der Waals surface area contributed by atoms with Crippen molar-refractivity contribution in [3.05, 3.63) is 59.5 Å². The zero-order chi connectivity index (χ0) is 18.8. The van der Waals surface area contributed by atoms with Gasteiger partial charge in [-0.1, -0.05) is 29.8 Å². The zero-order valence-electron chi connectivity index (χ0n) is 15.4. The second-order valence-corrected chi connectivity index (χ2v) is 7.33. The molecule has 1 N–H and O–H groups in total. The molecular weight excluding hydrogens is 342 g/mol. The summed E-state index contributed by atoms with van der Waals surface area (Å²) in [5, 5.41) is 9.10. The van der Waals surface area contributed by atoms with E-state index in [1.807, 2.05) is 24.3 Å². The molecule has 2 aromatic carbocycles. The number of carboxylic acid groups (broad SMARTS) is 1. The summed E-state index contributed by atoms with van der Waals surface area (Å²) in [6.45, 7) is 2.07. The van der Waals surface area contributed by atoms with Crippen molar-refractivity contribution in [1.29, 1.82) is 0 Å². The molecular formula is C22H23NO4. The summed E-state index contributed by atoms with van der Waals surface area (Å²) in [5.41, 5.74) is 3.93. The molecule has 1 aliphatic carbocycles. The second-order valence-electron chi connectivity index (χ2n) is 7.33. The average molecular weight is 365 g/mol. The Morgan fingerprint density at radius 3 is 2.74 bits per heavy atom. The number of oxazole rings is 1. The van der Waals surface area contributed by atoms with E-state index in [0.717, 1.165) is 29.7 Å². The van der Waals surface area contributed by atoms with Gasteiger partial charge in [0.2, 0.25) is 0 Å². The number of aromatic nitrogens is 1. The van der Waals surface area contributed by atoms with E-state index < -0.39 is 5.97 Å². The lowest BCUT2D eigenvalue weighted by atomic mass is 9.87. The van der Waals surface area contributed by atoms with Gasteiger partial charge in [-0.3, -0.25) is 4.79 Å². The van der Waals surface area contributed by atoms with Crippen molar-refractivity contribution in [1.82, 2.24) is 4.98 Å². The van der Waals surface area contributed by atoms with Gasteiger partial charge in [-0.15, -0.1) is 0 Å². The van der Waals surface area contributed by atoms with Crippen LogP contribution in [-0.4, -0.2) is 22.2 Å². The summed E-state index contributed by atoms with van der Waals surface area (Å²) in [4.78, 5) is 15.7. The van der Waals surface area contributed by atoms with E-state index in [-0.39, 0.29) is 12.0 Å². The number of aliphatic carboxylic acids is 1. The van der Waals surface area contributed by atoms with Crippen LogP contribution >= 0.6 is 0 Å². The molecule has 3 aromatic rings. The zero-order valence-corrected chi connectivity index (χ0v) is 15.4. The first-order valence-corrected chi connectivity index (χ1v) is 9.41. The van der Waals surface area contributed by atoms with E-state index in [4.69, 9.17) is 14.3 Å². The normalized spacial score (nSPS) is 19.9. The standard InChI is InChI=1S/C22H23NO4/c1-14-3-2-4-15(11-14)12-21-23-19-13-18(9-10-20(19)27-21)26-17-7-5-16(6-8-17)22(24)25/h2-4,9-11,13,16-17H,5-8,12H2,1H3,(H,24,25)/t16-,17+. The van der Waals surface area contributed by atoms with Gasteiger partial charge in [-0.05, 0) is 50.3 Å². The molecule has 1 aromatic heterocycles. The lowest BCUT2D eigenvalue weighted by Gasteiger charge is -2.26. The molecule has 0 spiro atoms. The van der Waals surface area contributed by atoms with Crippen LogP contribution in [-0.2, 0) is 11.2 Å². The Hall–Kier alpha value is -2.82. The van der Waals surface area contributed by atoms with Crippen molar-refractivity contribution < 1.29 is 19.1 Å². The van der Waals surface area contributed by atoms with Gasteiger partial charge in [0.25, 0.3) is 0 Å². The van der Waals surface area contributed by atoms with Gasteiger partial charge in [-0.25, -0.2) is 4.98 Å². The number of nitrogens with zero attached hydrogens (tertiary/aromatic N) is 1. The fourth-order valence-corrected chi connectivity index (χ4v) is 3.72. The number of carboxylic acids is 1. The molecule has 4 rings (SSSR count). The number of carbonyl (C=O) groups is 1. The molecule has 0 amide bonds. The lowest BCUT2D eigenvalue weighted by molar-refractivity contribution is -0.143. The third-order valence-corrected chi connectivity index (χ3v) is 5.17. The lowest BCUT2D eigenvalue weighted by Crippen LogP contribution is -2.27. The van der Waals surface area contributed by atoms with Crippen LogP contribution in [0.2, 0.25) is 0 Å². The highest BCUT2D eigenvalue weighted by Crippen LogP contribution is 2.29. The number of benzene rings is 2. The minimum absolute atomic E-state index is 0.0664. The Kier molecular flexibility index (Phi) is 4.84. The van der Waals surface area contributed by atoms with Crippen molar-refractivity contribution in [2.45, 2.75) is 45.1 Å². The summed E-state index contributed by atoms with van der Waals surface area (Å²) in [6, 6.07) is 14.0. The summed E-state index contributed by atoms with van der Waals surface area (Å²) in [6.07, 6.45) is 3.61.